The first-order chi connectivity index (χ1) is 9.77. The number of nitrogens with one attached hydrogen (secondary N) is 2. The van der Waals surface area contributed by atoms with Crippen LogP contribution in [0.5, 0.6) is 5.75 Å². The van der Waals surface area contributed by atoms with Gasteiger partial charge in [-0.05, 0) is 50.2 Å². The van der Waals surface area contributed by atoms with Crippen molar-refractivity contribution in [3.05, 3.63) is 29.8 Å². The van der Waals surface area contributed by atoms with Crippen molar-refractivity contribution in [2.75, 3.05) is 26.2 Å². The van der Waals surface area contributed by atoms with E-state index in [-0.39, 0.29) is 5.91 Å². The Morgan fingerprint density at radius 1 is 1.10 bits per heavy atom. The van der Waals surface area contributed by atoms with Crippen LogP contribution in [0.2, 0.25) is 0 Å². The second kappa shape index (κ2) is 10.3. The average molecular weight is 278 g/mol. The first-order valence-corrected chi connectivity index (χ1v) is 7.49. The summed E-state index contributed by atoms with van der Waals surface area (Å²) < 4.78 is 5.57. The molecule has 0 saturated carbocycles. The minimum absolute atomic E-state index is 0.0263. The Labute approximate surface area is 121 Å². The molecule has 0 atom stereocenters. The predicted octanol–water partition coefficient (Wildman–Crippen LogP) is 2.59. The molecular formula is C16H26N2O2. The van der Waals surface area contributed by atoms with Crippen LogP contribution in [-0.2, 0) is 0 Å². The van der Waals surface area contributed by atoms with Crippen LogP contribution in [0.15, 0.2) is 24.3 Å². The Balaban J connectivity index is 2.30. The fraction of sp³-hybridized carbons (Fsp3) is 0.562. The van der Waals surface area contributed by atoms with Gasteiger partial charge in [-0.3, -0.25) is 4.79 Å². The molecule has 0 aliphatic heterocycles. The van der Waals surface area contributed by atoms with Crippen molar-refractivity contribution in [3.8, 4) is 5.75 Å². The molecule has 0 saturated heterocycles. The van der Waals surface area contributed by atoms with Gasteiger partial charge in [-0.25, -0.2) is 0 Å². The van der Waals surface area contributed by atoms with E-state index in [1.54, 1.807) is 12.1 Å². The second-order valence-electron chi connectivity index (χ2n) is 4.69. The van der Waals surface area contributed by atoms with Crippen LogP contribution < -0.4 is 15.4 Å². The number of benzene rings is 1. The third-order valence-corrected chi connectivity index (χ3v) is 2.95. The van der Waals surface area contributed by atoms with Gasteiger partial charge in [0, 0.05) is 12.1 Å². The molecule has 0 spiro atoms. The van der Waals surface area contributed by atoms with Crippen LogP contribution >= 0.6 is 0 Å². The molecule has 1 aromatic carbocycles. The minimum atomic E-state index is -0.0263. The summed E-state index contributed by atoms with van der Waals surface area (Å²) >= 11 is 0. The summed E-state index contributed by atoms with van der Waals surface area (Å²) in [6.07, 6.45) is 3.11. The fourth-order valence-electron chi connectivity index (χ4n) is 1.73. The smallest absolute Gasteiger partial charge is 0.251 e. The van der Waals surface area contributed by atoms with Gasteiger partial charge in [-0.15, -0.1) is 0 Å². The van der Waals surface area contributed by atoms with E-state index in [2.05, 4.69) is 24.5 Å². The SMILES string of the molecule is CCCCOc1ccc(C(=O)NCCCNCC)cc1. The van der Waals surface area contributed by atoms with Crippen LogP contribution in [-0.4, -0.2) is 32.1 Å². The summed E-state index contributed by atoms with van der Waals surface area (Å²) in [7, 11) is 0. The molecule has 0 fully saturated rings. The molecule has 4 heteroatoms. The molecule has 0 unspecified atom stereocenters. The number of rotatable bonds is 10. The highest BCUT2D eigenvalue weighted by atomic mass is 16.5. The Morgan fingerprint density at radius 2 is 1.85 bits per heavy atom. The molecule has 0 aliphatic carbocycles. The molecule has 112 valence electrons. The van der Waals surface area contributed by atoms with Gasteiger partial charge in [0.05, 0.1) is 6.61 Å². The number of carbonyl (C=O) groups is 1. The van der Waals surface area contributed by atoms with Crippen molar-refractivity contribution < 1.29 is 9.53 Å². The molecule has 0 radical (unpaired) electrons. The quantitative estimate of drug-likeness (QED) is 0.647. The highest BCUT2D eigenvalue weighted by Crippen LogP contribution is 2.12. The number of hydrogen-bond donors (Lipinski definition) is 2. The molecule has 1 rings (SSSR count). The van der Waals surface area contributed by atoms with Crippen molar-refractivity contribution in [1.82, 2.24) is 10.6 Å². The molecule has 0 aliphatic rings. The molecule has 4 nitrogen and oxygen atoms in total. The largest absolute Gasteiger partial charge is 0.494 e. The van der Waals surface area contributed by atoms with Crippen molar-refractivity contribution in [3.63, 3.8) is 0 Å². The third-order valence-electron chi connectivity index (χ3n) is 2.95. The van der Waals surface area contributed by atoms with E-state index in [4.69, 9.17) is 4.74 Å². The van der Waals surface area contributed by atoms with Gasteiger partial charge in [0.2, 0.25) is 0 Å². The standard InChI is InChI=1S/C16H26N2O2/c1-3-5-13-20-15-9-7-14(8-10-15)16(19)18-12-6-11-17-4-2/h7-10,17H,3-6,11-13H2,1-2H3,(H,18,19). The lowest BCUT2D eigenvalue weighted by Crippen LogP contribution is -2.27. The summed E-state index contributed by atoms with van der Waals surface area (Å²) in [4.78, 5) is 11.9. The number of ether oxygens (including phenoxy) is 1. The molecule has 0 aromatic heterocycles. The normalized spacial score (nSPS) is 10.3. The van der Waals surface area contributed by atoms with Crippen molar-refractivity contribution in [2.45, 2.75) is 33.1 Å². The fourth-order valence-corrected chi connectivity index (χ4v) is 1.73. The summed E-state index contributed by atoms with van der Waals surface area (Å²) in [6.45, 7) is 7.52. The van der Waals surface area contributed by atoms with Crippen molar-refractivity contribution in [2.24, 2.45) is 0 Å². The molecule has 2 N–H and O–H groups in total. The molecule has 0 bridgehead atoms. The van der Waals surface area contributed by atoms with Gasteiger partial charge < -0.3 is 15.4 Å². The van der Waals surface area contributed by atoms with Gasteiger partial charge >= 0.3 is 0 Å². The van der Waals surface area contributed by atoms with Crippen LogP contribution in [0.25, 0.3) is 0 Å². The maximum absolute atomic E-state index is 11.9. The van der Waals surface area contributed by atoms with Gasteiger partial charge in [0.15, 0.2) is 0 Å². The summed E-state index contributed by atoms with van der Waals surface area (Å²) in [5, 5.41) is 6.14. The van der Waals surface area contributed by atoms with Gasteiger partial charge in [0.25, 0.3) is 5.91 Å². The average Bonchev–Trinajstić information content (AvgIpc) is 2.48. The molecular weight excluding hydrogens is 252 g/mol. The highest BCUT2D eigenvalue weighted by molar-refractivity contribution is 5.94. The lowest BCUT2D eigenvalue weighted by Gasteiger charge is -2.08. The zero-order valence-electron chi connectivity index (χ0n) is 12.6. The highest BCUT2D eigenvalue weighted by Gasteiger charge is 2.04. The van der Waals surface area contributed by atoms with E-state index >= 15 is 0 Å². The predicted molar refractivity (Wildman–Crippen MR) is 82.3 cm³/mol. The monoisotopic (exact) mass is 278 g/mol. The Hall–Kier alpha value is -1.55. The van der Waals surface area contributed by atoms with Crippen LogP contribution in [0.3, 0.4) is 0 Å². The second-order valence-corrected chi connectivity index (χ2v) is 4.69. The zero-order valence-corrected chi connectivity index (χ0v) is 12.6. The van der Waals surface area contributed by atoms with Gasteiger partial charge in [-0.1, -0.05) is 20.3 Å². The maximum Gasteiger partial charge on any atom is 0.251 e. The number of hydrogen-bond acceptors (Lipinski definition) is 3. The lowest BCUT2D eigenvalue weighted by atomic mass is 10.2. The van der Waals surface area contributed by atoms with E-state index in [1.165, 1.54) is 0 Å². The topological polar surface area (TPSA) is 50.4 Å². The van der Waals surface area contributed by atoms with Crippen LogP contribution in [0, 0.1) is 0 Å². The molecule has 1 amide bonds. The van der Waals surface area contributed by atoms with E-state index in [9.17, 15) is 4.79 Å². The minimum Gasteiger partial charge on any atom is -0.494 e. The Bertz CT molecular complexity index is 377. The van der Waals surface area contributed by atoms with Gasteiger partial charge in [0.1, 0.15) is 5.75 Å². The van der Waals surface area contributed by atoms with E-state index in [1.807, 2.05) is 12.1 Å². The maximum atomic E-state index is 11.9. The third kappa shape index (κ3) is 6.57. The number of unbranched alkanes of at least 4 members (excludes halogenated alkanes) is 1. The van der Waals surface area contributed by atoms with E-state index in [0.717, 1.165) is 44.7 Å². The number of carbonyl (C=O) groups excluding carboxylic acids is 1. The molecule has 20 heavy (non-hydrogen) atoms. The summed E-state index contributed by atoms with van der Waals surface area (Å²) in [5.74, 6) is 0.795. The first-order valence-electron chi connectivity index (χ1n) is 7.49. The number of amides is 1. The van der Waals surface area contributed by atoms with Crippen molar-refractivity contribution >= 4 is 5.91 Å². The first kappa shape index (κ1) is 16.5. The van der Waals surface area contributed by atoms with E-state index in [0.29, 0.717) is 12.1 Å². The summed E-state index contributed by atoms with van der Waals surface area (Å²) in [6, 6.07) is 7.31. The van der Waals surface area contributed by atoms with Crippen LogP contribution in [0.1, 0.15) is 43.5 Å². The summed E-state index contributed by atoms with van der Waals surface area (Å²) in [5.41, 5.74) is 0.677. The lowest BCUT2D eigenvalue weighted by molar-refractivity contribution is 0.0953. The Kier molecular flexibility index (Phi) is 8.47. The Morgan fingerprint density at radius 3 is 2.50 bits per heavy atom. The van der Waals surface area contributed by atoms with Crippen LogP contribution in [0.4, 0.5) is 0 Å². The van der Waals surface area contributed by atoms with Gasteiger partial charge in [-0.2, -0.15) is 0 Å². The molecule has 0 heterocycles. The van der Waals surface area contributed by atoms with Crippen molar-refractivity contribution in [1.29, 1.82) is 0 Å². The van der Waals surface area contributed by atoms with E-state index < -0.39 is 0 Å². The molecule has 1 aromatic rings. The zero-order chi connectivity index (χ0) is 14.6.